The first kappa shape index (κ1) is 26.1. The van der Waals surface area contributed by atoms with Crippen molar-refractivity contribution in [3.8, 4) is 5.75 Å². The van der Waals surface area contributed by atoms with Gasteiger partial charge in [-0.05, 0) is 43.2 Å². The summed E-state index contributed by atoms with van der Waals surface area (Å²) in [4.78, 5) is 26.7. The molecule has 0 fully saturated rings. The van der Waals surface area contributed by atoms with Gasteiger partial charge in [0.2, 0.25) is 21.8 Å². The number of likely N-dealkylation sites (N-methyl/N-ethyl adjacent to an activating group) is 1. The topological polar surface area (TPSA) is 96.0 Å². The highest BCUT2D eigenvalue weighted by molar-refractivity contribution is 7.92. The van der Waals surface area contributed by atoms with E-state index in [-0.39, 0.29) is 43.4 Å². The van der Waals surface area contributed by atoms with Crippen LogP contribution in [0.15, 0.2) is 48.5 Å². The zero-order chi connectivity index (χ0) is 24.6. The first-order chi connectivity index (χ1) is 15.6. The van der Waals surface area contributed by atoms with Crippen LogP contribution in [0.1, 0.15) is 25.3 Å². The van der Waals surface area contributed by atoms with E-state index in [0.717, 1.165) is 16.1 Å². The van der Waals surface area contributed by atoms with Crippen molar-refractivity contribution in [2.45, 2.75) is 32.4 Å². The molecule has 1 atom stereocenters. The van der Waals surface area contributed by atoms with Crippen molar-refractivity contribution in [2.24, 2.45) is 0 Å². The zero-order valence-corrected chi connectivity index (χ0v) is 20.1. The minimum absolute atomic E-state index is 0.0159. The van der Waals surface area contributed by atoms with Gasteiger partial charge in [-0.2, -0.15) is 0 Å². The molecule has 0 bridgehead atoms. The maximum Gasteiger partial charge on any atom is 0.242 e. The molecule has 0 aliphatic heterocycles. The number of carbonyl (C=O) groups is 2. The summed E-state index contributed by atoms with van der Waals surface area (Å²) in [5.74, 6) is -0.626. The van der Waals surface area contributed by atoms with Crippen LogP contribution in [0.3, 0.4) is 0 Å². The molecule has 2 rings (SSSR count). The molecule has 33 heavy (non-hydrogen) atoms. The number of sulfonamides is 1. The van der Waals surface area contributed by atoms with Crippen molar-refractivity contribution in [1.82, 2.24) is 10.2 Å². The van der Waals surface area contributed by atoms with Gasteiger partial charge in [0.1, 0.15) is 17.6 Å². The lowest BCUT2D eigenvalue weighted by Crippen LogP contribution is -2.46. The molecule has 2 amide bonds. The SMILES string of the molecule is CNC(=O)[C@@H](C)N(Cc1ccc(OC)cc1)C(=O)CCCN(c1ccccc1F)S(C)(=O)=O. The minimum Gasteiger partial charge on any atom is -0.497 e. The number of nitrogens with one attached hydrogen (secondary N) is 1. The highest BCUT2D eigenvalue weighted by Crippen LogP contribution is 2.22. The highest BCUT2D eigenvalue weighted by atomic mass is 32.2. The van der Waals surface area contributed by atoms with E-state index in [1.807, 2.05) is 0 Å². The maximum atomic E-state index is 14.2. The van der Waals surface area contributed by atoms with Gasteiger partial charge in [-0.25, -0.2) is 12.8 Å². The van der Waals surface area contributed by atoms with Gasteiger partial charge < -0.3 is 15.0 Å². The predicted molar refractivity (Wildman–Crippen MR) is 125 cm³/mol. The zero-order valence-electron chi connectivity index (χ0n) is 19.2. The van der Waals surface area contributed by atoms with Crippen LogP contribution in [0.2, 0.25) is 0 Å². The van der Waals surface area contributed by atoms with Crippen molar-refractivity contribution in [2.75, 3.05) is 31.3 Å². The third kappa shape index (κ3) is 7.18. The Labute approximate surface area is 194 Å². The second-order valence-electron chi connectivity index (χ2n) is 7.55. The second-order valence-corrected chi connectivity index (χ2v) is 9.46. The molecular weight excluding hydrogens is 449 g/mol. The maximum absolute atomic E-state index is 14.2. The normalized spacial score (nSPS) is 12.0. The molecule has 0 saturated heterocycles. The summed E-state index contributed by atoms with van der Waals surface area (Å²) in [6.45, 7) is 1.75. The van der Waals surface area contributed by atoms with Crippen LogP contribution in [0, 0.1) is 5.82 Å². The average molecular weight is 480 g/mol. The number of anilines is 1. The van der Waals surface area contributed by atoms with E-state index in [1.54, 1.807) is 44.4 Å². The lowest BCUT2D eigenvalue weighted by atomic mass is 10.1. The molecule has 8 nitrogen and oxygen atoms in total. The summed E-state index contributed by atoms with van der Waals surface area (Å²) in [6.07, 6.45) is 1.13. The summed E-state index contributed by atoms with van der Waals surface area (Å²) in [6, 6.07) is 12.0. The fourth-order valence-electron chi connectivity index (χ4n) is 3.36. The van der Waals surface area contributed by atoms with Crippen molar-refractivity contribution in [3.63, 3.8) is 0 Å². The number of methoxy groups -OCH3 is 1. The first-order valence-electron chi connectivity index (χ1n) is 10.4. The predicted octanol–water partition coefficient (Wildman–Crippen LogP) is 2.54. The monoisotopic (exact) mass is 479 g/mol. The Balaban J connectivity index is 2.15. The molecule has 0 aliphatic rings. The molecule has 0 radical (unpaired) electrons. The number of ether oxygens (including phenoxy) is 1. The molecule has 0 heterocycles. The Kier molecular flexibility index (Phi) is 9.22. The van der Waals surface area contributed by atoms with Gasteiger partial charge in [0.05, 0.1) is 19.1 Å². The number of rotatable bonds is 11. The Morgan fingerprint density at radius 2 is 1.76 bits per heavy atom. The standard InChI is InChI=1S/C23H30FN3O5S/c1-17(23(29)25-2)26(16-18-11-13-19(32-3)14-12-18)22(28)10-7-15-27(33(4,30)31)21-9-6-5-8-20(21)24/h5-6,8-9,11-14,17H,7,10,15-16H2,1-4H3,(H,25,29)/t17-/m1/s1. The van der Waals surface area contributed by atoms with E-state index >= 15 is 0 Å². The fourth-order valence-corrected chi connectivity index (χ4v) is 4.32. The van der Waals surface area contributed by atoms with E-state index < -0.39 is 21.9 Å². The summed E-state index contributed by atoms with van der Waals surface area (Å²) >= 11 is 0. The smallest absolute Gasteiger partial charge is 0.242 e. The van der Waals surface area contributed by atoms with Crippen molar-refractivity contribution in [1.29, 1.82) is 0 Å². The van der Waals surface area contributed by atoms with E-state index in [2.05, 4.69) is 5.32 Å². The Bertz CT molecular complexity index is 1060. The number of halogens is 1. The van der Waals surface area contributed by atoms with Crippen LogP contribution in [-0.4, -0.2) is 58.1 Å². The molecule has 10 heteroatoms. The van der Waals surface area contributed by atoms with E-state index in [9.17, 15) is 22.4 Å². The summed E-state index contributed by atoms with van der Waals surface area (Å²) in [7, 11) is -0.707. The molecule has 0 aromatic heterocycles. The molecular formula is C23H30FN3O5S. The number of carbonyl (C=O) groups excluding carboxylic acids is 2. The van der Waals surface area contributed by atoms with Crippen LogP contribution < -0.4 is 14.4 Å². The first-order valence-corrected chi connectivity index (χ1v) is 12.3. The third-order valence-corrected chi connectivity index (χ3v) is 6.38. The van der Waals surface area contributed by atoms with Crippen molar-refractivity contribution < 1.29 is 27.1 Å². The minimum atomic E-state index is -3.76. The van der Waals surface area contributed by atoms with Crippen molar-refractivity contribution in [3.05, 3.63) is 59.9 Å². The molecule has 180 valence electrons. The van der Waals surface area contributed by atoms with Gasteiger partial charge in [-0.3, -0.25) is 13.9 Å². The van der Waals surface area contributed by atoms with Crippen LogP contribution in [0.25, 0.3) is 0 Å². The fraction of sp³-hybridized carbons (Fsp3) is 0.391. The molecule has 1 N–H and O–H groups in total. The quantitative estimate of drug-likeness (QED) is 0.534. The summed E-state index contributed by atoms with van der Waals surface area (Å²) in [5, 5.41) is 2.54. The highest BCUT2D eigenvalue weighted by Gasteiger charge is 2.26. The lowest BCUT2D eigenvalue weighted by Gasteiger charge is -2.29. The largest absolute Gasteiger partial charge is 0.497 e. The second kappa shape index (κ2) is 11.6. The lowest BCUT2D eigenvalue weighted by molar-refractivity contribution is -0.140. The van der Waals surface area contributed by atoms with Crippen molar-refractivity contribution >= 4 is 27.5 Å². The molecule has 0 aliphatic carbocycles. The molecule has 2 aromatic carbocycles. The molecule has 0 spiro atoms. The Morgan fingerprint density at radius 1 is 1.12 bits per heavy atom. The summed E-state index contributed by atoms with van der Waals surface area (Å²) in [5.41, 5.74) is 0.741. The van der Waals surface area contributed by atoms with Crippen LogP contribution in [0.5, 0.6) is 5.75 Å². The van der Waals surface area contributed by atoms with Gasteiger partial charge in [0.15, 0.2) is 0 Å². The average Bonchev–Trinajstić information content (AvgIpc) is 2.79. The Hall–Kier alpha value is -3.14. The number of hydrogen-bond donors (Lipinski definition) is 1. The van der Waals surface area contributed by atoms with Crippen LogP contribution in [-0.2, 0) is 26.2 Å². The van der Waals surface area contributed by atoms with Gasteiger partial charge in [-0.1, -0.05) is 24.3 Å². The molecule has 0 saturated carbocycles. The number of para-hydroxylation sites is 1. The number of benzene rings is 2. The van der Waals surface area contributed by atoms with E-state index in [4.69, 9.17) is 4.74 Å². The van der Waals surface area contributed by atoms with E-state index in [1.165, 1.54) is 30.1 Å². The summed E-state index contributed by atoms with van der Waals surface area (Å²) < 4.78 is 44.7. The molecule has 2 aromatic rings. The van der Waals surface area contributed by atoms with Gasteiger partial charge in [0, 0.05) is 26.6 Å². The van der Waals surface area contributed by atoms with Gasteiger partial charge in [-0.15, -0.1) is 0 Å². The van der Waals surface area contributed by atoms with Crippen LogP contribution in [0.4, 0.5) is 10.1 Å². The third-order valence-electron chi connectivity index (χ3n) is 5.20. The number of amides is 2. The number of nitrogens with zero attached hydrogens (tertiary/aromatic N) is 2. The molecule has 0 unspecified atom stereocenters. The van der Waals surface area contributed by atoms with E-state index in [0.29, 0.717) is 5.75 Å². The Morgan fingerprint density at radius 3 is 2.30 bits per heavy atom. The number of hydrogen-bond acceptors (Lipinski definition) is 5. The van der Waals surface area contributed by atoms with Gasteiger partial charge in [0.25, 0.3) is 0 Å². The van der Waals surface area contributed by atoms with Gasteiger partial charge >= 0.3 is 0 Å². The van der Waals surface area contributed by atoms with Crippen LogP contribution >= 0.6 is 0 Å².